The highest BCUT2D eigenvalue weighted by Crippen LogP contribution is 2.42. The van der Waals surface area contributed by atoms with Crippen molar-refractivity contribution in [3.8, 4) is 16.3 Å². The summed E-state index contributed by atoms with van der Waals surface area (Å²) in [5, 5.41) is 15.3. The minimum Gasteiger partial charge on any atom is -0.382 e. The molecule has 11 nitrogen and oxygen atoms in total. The fourth-order valence-corrected chi connectivity index (χ4v) is 8.98. The van der Waals surface area contributed by atoms with Gasteiger partial charge in [-0.05, 0) is 56.2 Å². The molecule has 2 saturated heterocycles. The quantitative estimate of drug-likeness (QED) is 0.209. The first kappa shape index (κ1) is 36.5. The topological polar surface area (TPSA) is 124 Å². The number of nitrogens with zero attached hydrogens (tertiary/aromatic N) is 6. The number of benzene rings is 2. The van der Waals surface area contributed by atoms with Gasteiger partial charge in [-0.1, -0.05) is 48.5 Å². The van der Waals surface area contributed by atoms with Gasteiger partial charge in [0.05, 0.1) is 31.0 Å². The number of thiazole rings is 1. The molecule has 6 heterocycles. The number of carbonyl (C=O) groups is 3. The number of para-hydroxylation sites is 1. The number of β-amino-alcohol motifs (C(OH)–C–C–N with tert-alkyl or cyclic N) is 1. The van der Waals surface area contributed by atoms with Crippen molar-refractivity contribution in [1.29, 1.82) is 0 Å². The van der Waals surface area contributed by atoms with Crippen LogP contribution in [0.15, 0.2) is 91.3 Å². The number of alkyl halides is 2. The number of amides is 3. The summed E-state index contributed by atoms with van der Waals surface area (Å²) >= 11 is 1.30. The highest BCUT2D eigenvalue weighted by molar-refractivity contribution is 7.17. The number of hydrogen-bond donors (Lipinski definition) is 2. The largest absolute Gasteiger partial charge is 0.382 e. The van der Waals surface area contributed by atoms with Crippen molar-refractivity contribution in [2.24, 2.45) is 5.92 Å². The van der Waals surface area contributed by atoms with Crippen molar-refractivity contribution in [1.82, 2.24) is 29.2 Å². The lowest BCUT2D eigenvalue weighted by atomic mass is 9.78. The summed E-state index contributed by atoms with van der Waals surface area (Å²) in [7, 11) is 0. The Morgan fingerprint density at radius 2 is 1.73 bits per heavy atom. The maximum atomic E-state index is 16.1. The Hall–Kier alpha value is -5.47. The number of aromatic nitrogens is 3. The number of aryl methyl sites for hydroxylation is 2. The van der Waals surface area contributed by atoms with Gasteiger partial charge in [-0.25, -0.2) is 13.8 Å². The molecule has 0 bridgehead atoms. The Morgan fingerprint density at radius 1 is 0.982 bits per heavy atom. The number of nitrogens with one attached hydrogen (secondary N) is 1. The molecule has 0 saturated carbocycles. The lowest BCUT2D eigenvalue weighted by Gasteiger charge is -2.48. The number of piperidine rings is 2. The molecule has 55 heavy (non-hydrogen) atoms. The van der Waals surface area contributed by atoms with E-state index in [1.165, 1.54) is 16.2 Å². The third-order valence-corrected chi connectivity index (χ3v) is 12.3. The summed E-state index contributed by atoms with van der Waals surface area (Å²) in [4.78, 5) is 55.3. The normalized spacial score (nSPS) is 22.3. The highest BCUT2D eigenvalue weighted by atomic mass is 32.1. The molecule has 14 heteroatoms. The molecule has 2 fully saturated rings. The van der Waals surface area contributed by atoms with Crippen molar-refractivity contribution in [3.05, 3.63) is 119 Å². The fraction of sp³-hybridized carbons (Fsp3) is 0.341. The summed E-state index contributed by atoms with van der Waals surface area (Å²) in [5.74, 6) is -5.34. The van der Waals surface area contributed by atoms with Gasteiger partial charge >= 0.3 is 0 Å². The lowest BCUT2D eigenvalue weighted by Crippen LogP contribution is -2.66. The van der Waals surface area contributed by atoms with Gasteiger partial charge in [-0.2, -0.15) is 0 Å². The molecule has 3 aliphatic heterocycles. The second kappa shape index (κ2) is 14.3. The molecular formula is C41H41F2N7O4S. The van der Waals surface area contributed by atoms with Crippen molar-refractivity contribution in [2.45, 2.75) is 44.1 Å². The number of hydrogen-bond acceptors (Lipinski definition) is 8. The van der Waals surface area contributed by atoms with Gasteiger partial charge in [0.2, 0.25) is 5.91 Å². The number of fused-ring (bicyclic) bond motifs is 1. The van der Waals surface area contributed by atoms with E-state index >= 15 is 8.78 Å². The third-order valence-electron chi connectivity index (χ3n) is 11.1. The Balaban J connectivity index is 0.962. The number of pyridine rings is 1. The second-order valence-electron chi connectivity index (χ2n) is 14.7. The Kier molecular flexibility index (Phi) is 9.50. The van der Waals surface area contributed by atoms with Crippen LogP contribution in [0, 0.1) is 19.8 Å². The zero-order valence-electron chi connectivity index (χ0n) is 30.5. The van der Waals surface area contributed by atoms with Gasteiger partial charge in [0, 0.05) is 67.2 Å². The summed E-state index contributed by atoms with van der Waals surface area (Å²) < 4.78 is 34.1. The average molecular weight is 766 g/mol. The van der Waals surface area contributed by atoms with Gasteiger partial charge < -0.3 is 29.7 Å². The molecule has 0 radical (unpaired) electrons. The van der Waals surface area contributed by atoms with Crippen LogP contribution < -0.4 is 5.32 Å². The molecule has 8 rings (SSSR count). The summed E-state index contributed by atoms with van der Waals surface area (Å²) in [6, 6.07) is 24.3. The predicted octanol–water partition coefficient (Wildman–Crippen LogP) is 5.98. The summed E-state index contributed by atoms with van der Waals surface area (Å²) in [6.45, 7) is 2.44. The van der Waals surface area contributed by atoms with Crippen molar-refractivity contribution in [2.75, 3.05) is 44.7 Å². The molecule has 284 valence electrons. The van der Waals surface area contributed by atoms with Crippen LogP contribution in [0.3, 0.4) is 0 Å². The Labute approximate surface area is 321 Å². The van der Waals surface area contributed by atoms with Crippen LogP contribution in [0.25, 0.3) is 16.3 Å². The average Bonchev–Trinajstić information content (AvgIpc) is 3.81. The van der Waals surface area contributed by atoms with Gasteiger partial charge in [0.25, 0.3) is 17.7 Å². The molecule has 3 amide bonds. The van der Waals surface area contributed by atoms with E-state index in [1.54, 1.807) is 30.3 Å². The predicted molar refractivity (Wildman–Crippen MR) is 204 cm³/mol. The van der Waals surface area contributed by atoms with Crippen molar-refractivity contribution >= 4 is 34.9 Å². The molecule has 1 unspecified atom stereocenters. The van der Waals surface area contributed by atoms with Crippen LogP contribution in [-0.4, -0.2) is 103 Å². The SMILES string of the molecule is Cc1ccc(-c2nc(C)c(C(=O)N3CC[C@@H](C(=O)N4CCC(O)(CN5CNc6c(ccn6-c6ccccc6)C5=O)C(F)(F)C4)[C@H](c4ccccc4)C3)s2)cn1. The molecule has 0 aliphatic carbocycles. The van der Waals surface area contributed by atoms with Crippen LogP contribution in [0.2, 0.25) is 0 Å². The van der Waals surface area contributed by atoms with E-state index in [4.69, 9.17) is 0 Å². The van der Waals surface area contributed by atoms with Gasteiger partial charge in [-0.3, -0.25) is 19.4 Å². The van der Waals surface area contributed by atoms with E-state index in [0.29, 0.717) is 27.0 Å². The minimum atomic E-state index is -3.70. The lowest BCUT2D eigenvalue weighted by molar-refractivity contribution is -0.221. The zero-order chi connectivity index (χ0) is 38.5. The second-order valence-corrected chi connectivity index (χ2v) is 15.7. The van der Waals surface area contributed by atoms with Gasteiger partial charge in [0.1, 0.15) is 21.3 Å². The maximum Gasteiger partial charge on any atom is 0.295 e. The first-order valence-corrected chi connectivity index (χ1v) is 19.2. The van der Waals surface area contributed by atoms with E-state index in [2.05, 4.69) is 15.3 Å². The smallest absolute Gasteiger partial charge is 0.295 e. The monoisotopic (exact) mass is 765 g/mol. The molecule has 2 aromatic carbocycles. The van der Waals surface area contributed by atoms with Crippen LogP contribution in [-0.2, 0) is 4.79 Å². The van der Waals surface area contributed by atoms with E-state index in [0.717, 1.165) is 27.4 Å². The standard InChI is InChI=1S/C41H41F2N7O4S/c1-26-13-14-29(21-44-26)36-46-27(2)34(55-36)39(53)47-18-15-31(33(22-47)28-9-5-3-6-10-28)37(51)48-20-17-40(54,41(42,43)24-48)23-49-25-45-35-32(38(49)52)16-19-50(35)30-11-7-4-8-12-30/h3-14,16,19,21,31,33,45,54H,15,17-18,20,22-25H2,1-2H3/t31-,33+,40?/m1/s1. The van der Waals surface area contributed by atoms with E-state index in [-0.39, 0.29) is 38.6 Å². The van der Waals surface area contributed by atoms with Crippen LogP contribution in [0.1, 0.15) is 55.7 Å². The Bertz CT molecular complexity index is 2230. The van der Waals surface area contributed by atoms with Crippen LogP contribution >= 0.6 is 11.3 Å². The molecule has 3 aromatic heterocycles. The highest BCUT2D eigenvalue weighted by Gasteiger charge is 2.58. The number of anilines is 1. The number of likely N-dealkylation sites (tertiary alicyclic amines) is 2. The van der Waals surface area contributed by atoms with Gasteiger partial charge in [-0.15, -0.1) is 11.3 Å². The molecule has 3 atom stereocenters. The zero-order valence-corrected chi connectivity index (χ0v) is 31.3. The van der Waals surface area contributed by atoms with Crippen molar-refractivity contribution < 1.29 is 28.3 Å². The number of aliphatic hydroxyl groups is 1. The van der Waals surface area contributed by atoms with Crippen LogP contribution in [0.5, 0.6) is 0 Å². The van der Waals surface area contributed by atoms with Crippen LogP contribution in [0.4, 0.5) is 14.6 Å². The van der Waals surface area contributed by atoms with E-state index in [1.807, 2.05) is 84.3 Å². The first-order valence-electron chi connectivity index (χ1n) is 18.4. The fourth-order valence-electron chi connectivity index (χ4n) is 7.96. The van der Waals surface area contributed by atoms with E-state index < -0.39 is 54.7 Å². The minimum absolute atomic E-state index is 0.0642. The molecule has 3 aliphatic rings. The van der Waals surface area contributed by atoms with Crippen molar-refractivity contribution in [3.63, 3.8) is 0 Å². The third kappa shape index (κ3) is 6.78. The van der Waals surface area contributed by atoms with E-state index in [9.17, 15) is 19.5 Å². The summed E-state index contributed by atoms with van der Waals surface area (Å²) in [5.41, 5.74) is 1.75. The number of halogens is 2. The number of rotatable bonds is 7. The molecule has 2 N–H and O–H groups in total. The first-order chi connectivity index (χ1) is 26.4. The van der Waals surface area contributed by atoms with Gasteiger partial charge in [0.15, 0.2) is 0 Å². The Morgan fingerprint density at radius 3 is 2.44 bits per heavy atom. The molecular weight excluding hydrogens is 725 g/mol. The number of carbonyl (C=O) groups excluding carboxylic acids is 3. The maximum absolute atomic E-state index is 16.1. The molecule has 5 aromatic rings. The summed E-state index contributed by atoms with van der Waals surface area (Å²) in [6.07, 6.45) is 3.34. The molecule has 0 spiro atoms.